The van der Waals surface area contributed by atoms with Crippen molar-refractivity contribution in [3.63, 3.8) is 0 Å². The standard InChI is InChI=1S/C11H17N.ClH/c1-8-6-9(2)11(12(4)5)10(3)7-8;/h6-7H,1-5H3;1H/p+1. The molecular weight excluding hydrogens is 182 g/mol. The Balaban J connectivity index is 0.00000144. The second-order valence-electron chi connectivity index (χ2n) is 3.77. The highest BCUT2D eigenvalue weighted by Crippen LogP contribution is 2.17. The summed E-state index contributed by atoms with van der Waals surface area (Å²) in [4.78, 5) is 1.41. The van der Waals surface area contributed by atoms with Crippen LogP contribution >= 0.6 is 12.4 Å². The van der Waals surface area contributed by atoms with Gasteiger partial charge in [-0.1, -0.05) is 17.7 Å². The van der Waals surface area contributed by atoms with E-state index in [1.54, 1.807) is 0 Å². The third-order valence-electron chi connectivity index (χ3n) is 2.18. The fourth-order valence-corrected chi connectivity index (χ4v) is 1.97. The van der Waals surface area contributed by atoms with Crippen LogP contribution in [0.1, 0.15) is 16.7 Å². The van der Waals surface area contributed by atoms with Gasteiger partial charge < -0.3 is 4.90 Å². The molecule has 0 unspecified atom stereocenters. The van der Waals surface area contributed by atoms with Gasteiger partial charge in [-0.25, -0.2) is 0 Å². The van der Waals surface area contributed by atoms with E-state index in [-0.39, 0.29) is 12.4 Å². The lowest BCUT2D eigenvalue weighted by Crippen LogP contribution is -3.00. The van der Waals surface area contributed by atoms with Crippen LogP contribution in [0.15, 0.2) is 12.1 Å². The van der Waals surface area contributed by atoms with E-state index in [1.165, 1.54) is 27.3 Å². The van der Waals surface area contributed by atoms with Crippen molar-refractivity contribution in [2.24, 2.45) is 0 Å². The van der Waals surface area contributed by atoms with E-state index in [0.29, 0.717) is 0 Å². The minimum atomic E-state index is 0. The lowest BCUT2D eigenvalue weighted by molar-refractivity contribution is -0.787. The van der Waals surface area contributed by atoms with Crippen LogP contribution in [0.4, 0.5) is 5.69 Å². The highest BCUT2D eigenvalue weighted by molar-refractivity contribution is 5.85. The zero-order chi connectivity index (χ0) is 9.30. The van der Waals surface area contributed by atoms with Gasteiger partial charge in [0.2, 0.25) is 0 Å². The lowest BCUT2D eigenvalue weighted by atomic mass is 10.0. The van der Waals surface area contributed by atoms with E-state index >= 15 is 0 Å². The highest BCUT2D eigenvalue weighted by atomic mass is 35.5. The predicted molar refractivity (Wildman–Crippen MR) is 60.4 cm³/mol. The van der Waals surface area contributed by atoms with Crippen LogP contribution in [0.5, 0.6) is 0 Å². The van der Waals surface area contributed by atoms with E-state index in [2.05, 4.69) is 47.0 Å². The summed E-state index contributed by atoms with van der Waals surface area (Å²) in [6.45, 7) is 6.51. The quantitative estimate of drug-likeness (QED) is 0.706. The molecule has 1 N–H and O–H groups in total. The van der Waals surface area contributed by atoms with E-state index in [1.807, 2.05) is 0 Å². The van der Waals surface area contributed by atoms with Crippen LogP contribution in [-0.4, -0.2) is 14.1 Å². The molecule has 0 aliphatic carbocycles. The van der Waals surface area contributed by atoms with Gasteiger partial charge in [0.05, 0.1) is 14.1 Å². The normalized spacial score (nSPS) is 10.0. The number of hydrogen-bond acceptors (Lipinski definition) is 0. The number of quaternary nitrogens is 1. The molecule has 13 heavy (non-hydrogen) atoms. The fourth-order valence-electron chi connectivity index (χ4n) is 1.97. The molecule has 0 bridgehead atoms. The molecular formula is C11H19ClN+. The first-order chi connectivity index (χ1) is 5.52. The number of rotatable bonds is 1. The van der Waals surface area contributed by atoms with Crippen LogP contribution in [0.3, 0.4) is 0 Å². The van der Waals surface area contributed by atoms with Crippen molar-refractivity contribution in [3.05, 3.63) is 28.8 Å². The molecule has 0 saturated heterocycles. The Bertz CT molecular complexity index is 269. The van der Waals surface area contributed by atoms with Gasteiger partial charge in [-0.3, -0.25) is 0 Å². The predicted octanol–water partition coefficient (Wildman–Crippen LogP) is 1.81. The first kappa shape index (κ1) is 12.5. The van der Waals surface area contributed by atoms with Gasteiger partial charge in [0, 0.05) is 11.1 Å². The van der Waals surface area contributed by atoms with Gasteiger partial charge in [0.1, 0.15) is 5.69 Å². The molecule has 0 heterocycles. The van der Waals surface area contributed by atoms with Crippen molar-refractivity contribution in [1.82, 2.24) is 0 Å². The van der Waals surface area contributed by atoms with Crippen molar-refractivity contribution in [2.45, 2.75) is 20.8 Å². The van der Waals surface area contributed by atoms with Crippen molar-refractivity contribution in [1.29, 1.82) is 0 Å². The molecule has 0 aliphatic heterocycles. The summed E-state index contributed by atoms with van der Waals surface area (Å²) < 4.78 is 0. The molecule has 0 amide bonds. The molecule has 0 radical (unpaired) electrons. The number of benzene rings is 1. The van der Waals surface area contributed by atoms with Crippen molar-refractivity contribution < 1.29 is 4.90 Å². The molecule has 0 fully saturated rings. The highest BCUT2D eigenvalue weighted by Gasteiger charge is 2.09. The van der Waals surface area contributed by atoms with Gasteiger partial charge >= 0.3 is 0 Å². The van der Waals surface area contributed by atoms with E-state index in [0.717, 1.165) is 0 Å². The summed E-state index contributed by atoms with van der Waals surface area (Å²) in [5, 5.41) is 0. The number of hydrogen-bond donors (Lipinski definition) is 1. The molecule has 0 aliphatic rings. The van der Waals surface area contributed by atoms with Gasteiger partial charge in [0.15, 0.2) is 0 Å². The average Bonchev–Trinajstić information content (AvgIpc) is 1.82. The van der Waals surface area contributed by atoms with Gasteiger partial charge in [-0.05, 0) is 20.8 Å². The van der Waals surface area contributed by atoms with E-state index in [4.69, 9.17) is 0 Å². The maximum absolute atomic E-state index is 2.25. The summed E-state index contributed by atoms with van der Waals surface area (Å²) in [6.07, 6.45) is 0. The third kappa shape index (κ3) is 2.71. The second-order valence-corrected chi connectivity index (χ2v) is 3.77. The van der Waals surface area contributed by atoms with E-state index in [9.17, 15) is 0 Å². The Morgan fingerprint density at radius 3 is 1.62 bits per heavy atom. The summed E-state index contributed by atoms with van der Waals surface area (Å²) in [7, 11) is 4.34. The Morgan fingerprint density at radius 2 is 1.31 bits per heavy atom. The summed E-state index contributed by atoms with van der Waals surface area (Å²) in [6, 6.07) is 4.49. The maximum Gasteiger partial charge on any atom is 0.136 e. The number of aryl methyl sites for hydroxylation is 3. The number of halogens is 1. The SMILES string of the molecule is Cc1cc(C)c([NH+](C)C)c(C)c1.Cl. The van der Waals surface area contributed by atoms with Crippen LogP contribution in [-0.2, 0) is 0 Å². The summed E-state index contributed by atoms with van der Waals surface area (Å²) in [5.41, 5.74) is 5.58. The van der Waals surface area contributed by atoms with Gasteiger partial charge in [-0.15, -0.1) is 12.4 Å². The topological polar surface area (TPSA) is 4.44 Å². The van der Waals surface area contributed by atoms with Crippen molar-refractivity contribution in [3.8, 4) is 0 Å². The molecule has 0 aromatic heterocycles. The molecule has 0 spiro atoms. The molecule has 1 rings (SSSR count). The summed E-state index contributed by atoms with van der Waals surface area (Å²) >= 11 is 0. The fraction of sp³-hybridized carbons (Fsp3) is 0.455. The van der Waals surface area contributed by atoms with Crippen LogP contribution < -0.4 is 4.90 Å². The third-order valence-corrected chi connectivity index (χ3v) is 2.18. The molecule has 74 valence electrons. The minimum absolute atomic E-state index is 0. The zero-order valence-electron chi connectivity index (χ0n) is 9.06. The largest absolute Gasteiger partial charge is 0.307 e. The Morgan fingerprint density at radius 1 is 0.923 bits per heavy atom. The molecule has 0 atom stereocenters. The Labute approximate surface area is 87.2 Å². The summed E-state index contributed by atoms with van der Waals surface area (Å²) in [5.74, 6) is 0. The molecule has 1 aromatic rings. The van der Waals surface area contributed by atoms with Crippen molar-refractivity contribution >= 4 is 18.1 Å². The van der Waals surface area contributed by atoms with Crippen molar-refractivity contribution in [2.75, 3.05) is 14.1 Å². The first-order valence-electron chi connectivity index (χ1n) is 4.40. The lowest BCUT2D eigenvalue weighted by Gasteiger charge is -2.13. The minimum Gasteiger partial charge on any atom is -0.307 e. The van der Waals surface area contributed by atoms with Gasteiger partial charge in [-0.2, -0.15) is 0 Å². The molecule has 1 aromatic carbocycles. The van der Waals surface area contributed by atoms with Gasteiger partial charge in [0.25, 0.3) is 0 Å². The van der Waals surface area contributed by atoms with Crippen LogP contribution in [0.25, 0.3) is 0 Å². The zero-order valence-corrected chi connectivity index (χ0v) is 9.88. The number of nitrogens with one attached hydrogen (secondary N) is 1. The monoisotopic (exact) mass is 200 g/mol. The molecule has 2 heteroatoms. The molecule has 1 nitrogen and oxygen atoms in total. The van der Waals surface area contributed by atoms with E-state index < -0.39 is 0 Å². The maximum atomic E-state index is 2.25. The Kier molecular flexibility index (Phi) is 4.45. The average molecular weight is 201 g/mol. The second kappa shape index (κ2) is 4.64. The van der Waals surface area contributed by atoms with Crippen LogP contribution in [0, 0.1) is 20.8 Å². The molecule has 0 saturated carbocycles. The van der Waals surface area contributed by atoms with Crippen LogP contribution in [0.2, 0.25) is 0 Å². The Hall–Kier alpha value is -0.530. The smallest absolute Gasteiger partial charge is 0.136 e. The first-order valence-corrected chi connectivity index (χ1v) is 4.40.